The lowest BCUT2D eigenvalue weighted by Gasteiger charge is -2.02. The molecule has 0 unspecified atom stereocenters. The van der Waals surface area contributed by atoms with Crippen molar-refractivity contribution in [2.75, 3.05) is 11.9 Å². The summed E-state index contributed by atoms with van der Waals surface area (Å²) in [6.45, 7) is 4.50. The molecule has 0 aliphatic carbocycles. The molecule has 2 rings (SSSR count). The summed E-state index contributed by atoms with van der Waals surface area (Å²) in [5.74, 6) is 6.53. The summed E-state index contributed by atoms with van der Waals surface area (Å²) in [6.07, 6.45) is 0.993. The van der Waals surface area contributed by atoms with E-state index in [2.05, 4.69) is 40.1 Å². The monoisotopic (exact) mass is 265 g/mol. The van der Waals surface area contributed by atoms with Gasteiger partial charge in [-0.15, -0.1) is 17.3 Å². The fraction of sp³-hybridized carbons (Fsp3) is 0.333. The standard InChI is InChI=1S/C12H12ClN3S/c1-3-5-6-14-10-9-7-8(4-2)17-11(9)16-12(13)15-10/h7H,4,6H2,1-2H3,(H,14,15,16). The lowest BCUT2D eigenvalue weighted by Crippen LogP contribution is -2.02. The van der Waals surface area contributed by atoms with Crippen molar-refractivity contribution in [3.8, 4) is 11.8 Å². The molecule has 3 nitrogen and oxygen atoms in total. The number of hydrogen-bond acceptors (Lipinski definition) is 4. The van der Waals surface area contributed by atoms with Gasteiger partial charge in [-0.1, -0.05) is 12.8 Å². The van der Waals surface area contributed by atoms with Crippen LogP contribution in [0.3, 0.4) is 0 Å². The van der Waals surface area contributed by atoms with Crippen molar-refractivity contribution >= 4 is 39.0 Å². The third-order valence-electron chi connectivity index (χ3n) is 2.29. The van der Waals surface area contributed by atoms with Gasteiger partial charge in [-0.2, -0.15) is 0 Å². The van der Waals surface area contributed by atoms with Crippen molar-refractivity contribution in [3.05, 3.63) is 16.2 Å². The summed E-state index contributed by atoms with van der Waals surface area (Å²) in [7, 11) is 0. The number of rotatable bonds is 3. The Labute approximate surface area is 109 Å². The molecular formula is C12H12ClN3S. The molecule has 0 radical (unpaired) electrons. The van der Waals surface area contributed by atoms with Crippen molar-refractivity contribution < 1.29 is 0 Å². The third kappa shape index (κ3) is 2.68. The van der Waals surface area contributed by atoms with Crippen LogP contribution in [0.4, 0.5) is 5.82 Å². The molecule has 0 atom stereocenters. The van der Waals surface area contributed by atoms with E-state index in [9.17, 15) is 0 Å². The number of aromatic nitrogens is 2. The largest absolute Gasteiger partial charge is 0.358 e. The maximum Gasteiger partial charge on any atom is 0.225 e. The molecule has 0 aromatic carbocycles. The molecular weight excluding hydrogens is 254 g/mol. The van der Waals surface area contributed by atoms with Gasteiger partial charge in [0.1, 0.15) is 10.6 Å². The molecule has 0 saturated carbocycles. The molecule has 0 saturated heterocycles. The Morgan fingerprint density at radius 1 is 1.47 bits per heavy atom. The zero-order valence-electron chi connectivity index (χ0n) is 9.67. The van der Waals surface area contributed by atoms with Gasteiger partial charge in [0.15, 0.2) is 0 Å². The predicted octanol–water partition coefficient (Wildman–Crippen LogP) is 3.34. The van der Waals surface area contributed by atoms with Crippen molar-refractivity contribution in [2.45, 2.75) is 20.3 Å². The topological polar surface area (TPSA) is 37.8 Å². The Hall–Kier alpha value is -1.31. The molecule has 2 aromatic rings. The minimum Gasteiger partial charge on any atom is -0.358 e. The first-order valence-electron chi connectivity index (χ1n) is 5.34. The van der Waals surface area contributed by atoms with Crippen LogP contribution in [0.2, 0.25) is 5.28 Å². The number of halogens is 1. The van der Waals surface area contributed by atoms with E-state index in [1.807, 2.05) is 6.92 Å². The minimum absolute atomic E-state index is 0.272. The highest BCUT2D eigenvalue weighted by Gasteiger charge is 2.09. The van der Waals surface area contributed by atoms with E-state index in [0.29, 0.717) is 6.54 Å². The fourth-order valence-electron chi connectivity index (χ4n) is 1.47. The second-order valence-corrected chi connectivity index (χ2v) is 4.86. The van der Waals surface area contributed by atoms with Crippen LogP contribution in [0.1, 0.15) is 18.7 Å². The van der Waals surface area contributed by atoms with Crippen LogP contribution in [0.5, 0.6) is 0 Å². The Bertz CT molecular complexity index is 595. The van der Waals surface area contributed by atoms with Crippen molar-refractivity contribution in [2.24, 2.45) is 0 Å². The van der Waals surface area contributed by atoms with Crippen LogP contribution in [-0.2, 0) is 6.42 Å². The molecule has 88 valence electrons. The number of thiophene rings is 1. The number of aryl methyl sites for hydroxylation is 1. The minimum atomic E-state index is 0.272. The molecule has 5 heteroatoms. The smallest absolute Gasteiger partial charge is 0.225 e. The zero-order chi connectivity index (χ0) is 12.3. The summed E-state index contributed by atoms with van der Waals surface area (Å²) in [5.41, 5.74) is 0. The molecule has 0 aliphatic rings. The first-order chi connectivity index (χ1) is 8.24. The second-order valence-electron chi connectivity index (χ2n) is 3.41. The SMILES string of the molecule is CC#CCNc1nc(Cl)nc2sc(CC)cc12. The predicted molar refractivity (Wildman–Crippen MR) is 73.7 cm³/mol. The maximum atomic E-state index is 5.90. The number of nitrogens with one attached hydrogen (secondary N) is 1. The van der Waals surface area contributed by atoms with Crippen LogP contribution in [0.25, 0.3) is 10.2 Å². The Morgan fingerprint density at radius 2 is 2.29 bits per heavy atom. The number of nitrogens with zero attached hydrogens (tertiary/aromatic N) is 2. The summed E-state index contributed by atoms with van der Waals surface area (Å²) < 4.78 is 0. The van der Waals surface area contributed by atoms with Gasteiger partial charge >= 0.3 is 0 Å². The van der Waals surface area contributed by atoms with Gasteiger partial charge < -0.3 is 5.32 Å². The Kier molecular flexibility index (Phi) is 3.82. The van der Waals surface area contributed by atoms with Crippen molar-refractivity contribution in [1.29, 1.82) is 0 Å². The van der Waals surface area contributed by atoms with Crippen LogP contribution >= 0.6 is 22.9 Å². The van der Waals surface area contributed by atoms with Gasteiger partial charge in [0.05, 0.1) is 11.9 Å². The summed E-state index contributed by atoms with van der Waals surface area (Å²) >= 11 is 7.55. The van der Waals surface area contributed by atoms with E-state index in [4.69, 9.17) is 11.6 Å². The van der Waals surface area contributed by atoms with Gasteiger partial charge in [0, 0.05) is 4.88 Å². The van der Waals surface area contributed by atoms with Crippen LogP contribution < -0.4 is 5.32 Å². The highest BCUT2D eigenvalue weighted by Crippen LogP contribution is 2.30. The van der Waals surface area contributed by atoms with Gasteiger partial charge in [-0.05, 0) is 31.0 Å². The molecule has 2 heterocycles. The highest BCUT2D eigenvalue weighted by molar-refractivity contribution is 7.18. The second kappa shape index (κ2) is 5.35. The lowest BCUT2D eigenvalue weighted by molar-refractivity contribution is 1.18. The lowest BCUT2D eigenvalue weighted by atomic mass is 10.3. The van der Waals surface area contributed by atoms with E-state index in [1.54, 1.807) is 11.3 Å². The molecule has 0 amide bonds. The van der Waals surface area contributed by atoms with Crippen LogP contribution in [0.15, 0.2) is 6.07 Å². The van der Waals surface area contributed by atoms with Crippen LogP contribution in [-0.4, -0.2) is 16.5 Å². The van der Waals surface area contributed by atoms with Crippen molar-refractivity contribution in [3.63, 3.8) is 0 Å². The summed E-state index contributed by atoms with van der Waals surface area (Å²) in [4.78, 5) is 10.6. The average Bonchev–Trinajstić information content (AvgIpc) is 2.72. The van der Waals surface area contributed by atoms with E-state index in [0.717, 1.165) is 22.5 Å². The first-order valence-corrected chi connectivity index (χ1v) is 6.53. The first kappa shape index (κ1) is 12.2. The number of anilines is 1. The molecule has 1 N–H and O–H groups in total. The molecule has 2 aromatic heterocycles. The van der Waals surface area contributed by atoms with Gasteiger partial charge in [-0.25, -0.2) is 9.97 Å². The molecule has 17 heavy (non-hydrogen) atoms. The van der Waals surface area contributed by atoms with E-state index in [1.165, 1.54) is 4.88 Å². The van der Waals surface area contributed by atoms with Gasteiger partial charge in [-0.3, -0.25) is 0 Å². The van der Waals surface area contributed by atoms with Crippen LogP contribution in [0, 0.1) is 11.8 Å². The van der Waals surface area contributed by atoms with E-state index in [-0.39, 0.29) is 5.28 Å². The van der Waals surface area contributed by atoms with Crippen molar-refractivity contribution in [1.82, 2.24) is 9.97 Å². The quantitative estimate of drug-likeness (QED) is 0.683. The van der Waals surface area contributed by atoms with Gasteiger partial charge in [0.25, 0.3) is 0 Å². The number of hydrogen-bond donors (Lipinski definition) is 1. The summed E-state index contributed by atoms with van der Waals surface area (Å²) in [5, 5.41) is 4.46. The van der Waals surface area contributed by atoms with Gasteiger partial charge in [0.2, 0.25) is 5.28 Å². The number of fused-ring (bicyclic) bond motifs is 1. The van der Waals surface area contributed by atoms with E-state index >= 15 is 0 Å². The van der Waals surface area contributed by atoms with E-state index < -0.39 is 0 Å². The Balaban J connectivity index is 2.43. The molecule has 0 aliphatic heterocycles. The fourth-order valence-corrected chi connectivity index (χ4v) is 2.66. The maximum absolute atomic E-state index is 5.90. The average molecular weight is 266 g/mol. The molecule has 0 fully saturated rings. The molecule has 0 bridgehead atoms. The zero-order valence-corrected chi connectivity index (χ0v) is 11.2. The summed E-state index contributed by atoms with van der Waals surface area (Å²) in [6, 6.07) is 2.11. The highest BCUT2D eigenvalue weighted by atomic mass is 35.5. The molecule has 0 spiro atoms. The third-order valence-corrected chi connectivity index (χ3v) is 3.63. The Morgan fingerprint density at radius 3 is 3.00 bits per heavy atom. The normalized spacial score (nSPS) is 10.1.